The highest BCUT2D eigenvalue weighted by molar-refractivity contribution is 5.29. The highest BCUT2D eigenvalue weighted by atomic mass is 16.5. The Balaban J connectivity index is 1.69. The van der Waals surface area contributed by atoms with E-state index in [0.717, 1.165) is 31.1 Å². The van der Waals surface area contributed by atoms with E-state index in [1.54, 1.807) is 0 Å². The number of anilines is 1. The van der Waals surface area contributed by atoms with E-state index < -0.39 is 0 Å². The van der Waals surface area contributed by atoms with E-state index in [2.05, 4.69) is 27.5 Å². The van der Waals surface area contributed by atoms with Gasteiger partial charge in [-0.15, -0.1) is 0 Å². The van der Waals surface area contributed by atoms with E-state index in [-0.39, 0.29) is 12.0 Å². The van der Waals surface area contributed by atoms with Crippen molar-refractivity contribution in [2.75, 3.05) is 18.5 Å². The third-order valence-electron chi connectivity index (χ3n) is 4.54. The fraction of sp³-hybridized carbons (Fsp3) is 0.688. The van der Waals surface area contributed by atoms with Crippen molar-refractivity contribution < 1.29 is 9.26 Å². The quantitative estimate of drug-likeness (QED) is 0.913. The molecule has 7 heteroatoms. The van der Waals surface area contributed by atoms with Gasteiger partial charge in [-0.25, -0.2) is 0 Å². The van der Waals surface area contributed by atoms with Crippen molar-refractivity contribution in [3.8, 4) is 0 Å². The lowest BCUT2D eigenvalue weighted by atomic mass is 9.94. The van der Waals surface area contributed by atoms with Crippen LogP contribution < -0.4 is 5.32 Å². The first kappa shape index (κ1) is 16.0. The minimum absolute atomic E-state index is 0.0729. The second-order valence-electron chi connectivity index (χ2n) is 6.54. The predicted molar refractivity (Wildman–Crippen MR) is 86.4 cm³/mol. The summed E-state index contributed by atoms with van der Waals surface area (Å²) in [4.78, 5) is 4.36. The average Bonchev–Trinajstić information content (AvgIpc) is 3.18. The van der Waals surface area contributed by atoms with Gasteiger partial charge in [0.25, 0.3) is 0 Å². The monoisotopic (exact) mass is 319 g/mol. The summed E-state index contributed by atoms with van der Waals surface area (Å²) in [6, 6.07) is 0.485. The summed E-state index contributed by atoms with van der Waals surface area (Å²) in [7, 11) is 1.97. The smallest absolute Gasteiger partial charge is 0.321 e. The van der Waals surface area contributed by atoms with Crippen LogP contribution in [0.1, 0.15) is 55.1 Å². The average molecular weight is 319 g/mol. The third kappa shape index (κ3) is 3.10. The van der Waals surface area contributed by atoms with Crippen molar-refractivity contribution in [2.24, 2.45) is 13.0 Å². The van der Waals surface area contributed by atoms with Gasteiger partial charge in [0, 0.05) is 43.3 Å². The van der Waals surface area contributed by atoms with E-state index in [1.807, 2.05) is 32.5 Å². The molecule has 0 spiro atoms. The van der Waals surface area contributed by atoms with Gasteiger partial charge in [0.2, 0.25) is 0 Å². The van der Waals surface area contributed by atoms with Crippen molar-refractivity contribution >= 4 is 6.01 Å². The summed E-state index contributed by atoms with van der Waals surface area (Å²) in [6.45, 7) is 9.74. The Hall–Kier alpha value is -1.89. The van der Waals surface area contributed by atoms with Crippen LogP contribution in [0.25, 0.3) is 0 Å². The number of hydrogen-bond donors (Lipinski definition) is 1. The minimum Gasteiger partial charge on any atom is -0.373 e. The minimum atomic E-state index is 0.0729. The molecule has 0 aliphatic carbocycles. The van der Waals surface area contributed by atoms with Crippen molar-refractivity contribution in [1.29, 1.82) is 0 Å². The molecule has 3 rings (SSSR count). The molecule has 3 heterocycles. The molecule has 0 amide bonds. The van der Waals surface area contributed by atoms with Gasteiger partial charge in [-0.3, -0.25) is 4.68 Å². The Morgan fingerprint density at radius 1 is 1.35 bits per heavy atom. The second-order valence-corrected chi connectivity index (χ2v) is 6.54. The standard InChI is InChI=1S/C16H25N5O2/c1-9(2)15-18-16(23-20-15)17-8-12-6-7-22-14(12)13-10(3)19-21(5)11(13)4/h9,12,14H,6-8H2,1-5H3,(H,17,18,20)/t12-,14+/m1/s1. The lowest BCUT2D eigenvalue weighted by Gasteiger charge is -2.19. The van der Waals surface area contributed by atoms with Gasteiger partial charge >= 0.3 is 6.01 Å². The molecule has 126 valence electrons. The van der Waals surface area contributed by atoms with Crippen LogP contribution in [-0.2, 0) is 11.8 Å². The Bertz CT molecular complexity index is 676. The third-order valence-corrected chi connectivity index (χ3v) is 4.54. The van der Waals surface area contributed by atoms with Crippen LogP contribution in [0.2, 0.25) is 0 Å². The van der Waals surface area contributed by atoms with Gasteiger partial charge in [0.1, 0.15) is 0 Å². The second kappa shape index (κ2) is 6.31. The highest BCUT2D eigenvalue weighted by Crippen LogP contribution is 2.37. The zero-order valence-electron chi connectivity index (χ0n) is 14.5. The number of nitrogens with one attached hydrogen (secondary N) is 1. The summed E-state index contributed by atoms with van der Waals surface area (Å²) in [5.41, 5.74) is 3.42. The van der Waals surface area contributed by atoms with Gasteiger partial charge < -0.3 is 14.6 Å². The molecular weight excluding hydrogens is 294 g/mol. The molecule has 23 heavy (non-hydrogen) atoms. The van der Waals surface area contributed by atoms with Crippen molar-refractivity contribution in [2.45, 2.75) is 46.1 Å². The molecule has 1 aliphatic heterocycles. The zero-order chi connectivity index (χ0) is 16.6. The maximum atomic E-state index is 6.00. The van der Waals surface area contributed by atoms with Crippen LogP contribution in [0, 0.1) is 19.8 Å². The number of aromatic nitrogens is 4. The fourth-order valence-electron chi connectivity index (χ4n) is 3.12. The molecule has 1 saturated heterocycles. The van der Waals surface area contributed by atoms with E-state index in [0.29, 0.717) is 11.9 Å². The van der Waals surface area contributed by atoms with Gasteiger partial charge in [0.05, 0.1) is 11.8 Å². The maximum absolute atomic E-state index is 6.00. The lowest BCUT2D eigenvalue weighted by Crippen LogP contribution is -2.19. The van der Waals surface area contributed by atoms with Crippen molar-refractivity contribution in [1.82, 2.24) is 19.9 Å². The van der Waals surface area contributed by atoms with Crippen LogP contribution in [0.15, 0.2) is 4.52 Å². The largest absolute Gasteiger partial charge is 0.373 e. The topological polar surface area (TPSA) is 78.0 Å². The summed E-state index contributed by atoms with van der Waals surface area (Å²) in [5, 5.41) is 11.7. The van der Waals surface area contributed by atoms with Gasteiger partial charge in [-0.2, -0.15) is 10.1 Å². The summed E-state index contributed by atoms with van der Waals surface area (Å²) in [6.07, 6.45) is 1.08. The first-order chi connectivity index (χ1) is 11.0. The Labute approximate surface area is 136 Å². The van der Waals surface area contributed by atoms with Gasteiger partial charge in [0.15, 0.2) is 5.82 Å². The van der Waals surface area contributed by atoms with E-state index in [1.165, 1.54) is 11.3 Å². The summed E-state index contributed by atoms with van der Waals surface area (Å²) < 4.78 is 13.2. The number of ether oxygens (including phenoxy) is 1. The number of aryl methyl sites for hydroxylation is 2. The zero-order valence-corrected chi connectivity index (χ0v) is 14.5. The predicted octanol–water partition coefficient (Wildman–Crippen LogP) is 2.73. The lowest BCUT2D eigenvalue weighted by molar-refractivity contribution is 0.0921. The SMILES string of the molecule is Cc1nn(C)c(C)c1[C@H]1OCC[C@@H]1CNc1nc(C(C)C)no1. The molecule has 2 aromatic heterocycles. The molecule has 1 N–H and O–H groups in total. The molecule has 1 fully saturated rings. The van der Waals surface area contributed by atoms with Crippen LogP contribution in [-0.4, -0.2) is 33.1 Å². The van der Waals surface area contributed by atoms with E-state index in [4.69, 9.17) is 9.26 Å². The first-order valence-corrected chi connectivity index (χ1v) is 8.16. The molecule has 2 atom stereocenters. The molecule has 0 saturated carbocycles. The maximum Gasteiger partial charge on any atom is 0.321 e. The molecule has 0 aromatic carbocycles. The molecule has 2 aromatic rings. The van der Waals surface area contributed by atoms with Crippen LogP contribution in [0.4, 0.5) is 6.01 Å². The summed E-state index contributed by atoms with van der Waals surface area (Å²) >= 11 is 0. The van der Waals surface area contributed by atoms with Crippen LogP contribution in [0.5, 0.6) is 0 Å². The van der Waals surface area contributed by atoms with Crippen molar-refractivity contribution in [3.63, 3.8) is 0 Å². The van der Waals surface area contributed by atoms with E-state index >= 15 is 0 Å². The van der Waals surface area contributed by atoms with Crippen molar-refractivity contribution in [3.05, 3.63) is 22.8 Å². The van der Waals surface area contributed by atoms with E-state index in [9.17, 15) is 0 Å². The number of hydrogen-bond acceptors (Lipinski definition) is 6. The number of rotatable bonds is 5. The van der Waals surface area contributed by atoms with Gasteiger partial charge in [-0.05, 0) is 20.3 Å². The Morgan fingerprint density at radius 3 is 2.74 bits per heavy atom. The molecule has 0 bridgehead atoms. The van der Waals surface area contributed by atoms with Gasteiger partial charge in [-0.1, -0.05) is 19.0 Å². The summed E-state index contributed by atoms with van der Waals surface area (Å²) in [5.74, 6) is 1.36. The molecule has 0 radical (unpaired) electrons. The molecular formula is C16H25N5O2. The highest BCUT2D eigenvalue weighted by Gasteiger charge is 2.33. The first-order valence-electron chi connectivity index (χ1n) is 8.16. The fourth-order valence-corrected chi connectivity index (χ4v) is 3.12. The Kier molecular flexibility index (Phi) is 4.39. The van der Waals surface area contributed by atoms with Crippen LogP contribution in [0.3, 0.4) is 0 Å². The molecule has 1 aliphatic rings. The Morgan fingerprint density at radius 2 is 2.13 bits per heavy atom. The molecule has 7 nitrogen and oxygen atoms in total. The van der Waals surface area contributed by atoms with Crippen LogP contribution >= 0.6 is 0 Å². The molecule has 0 unspecified atom stereocenters. The number of nitrogens with zero attached hydrogens (tertiary/aromatic N) is 4. The normalized spacial score (nSPS) is 21.3.